The predicted octanol–water partition coefficient (Wildman–Crippen LogP) is 2.11. The lowest BCUT2D eigenvalue weighted by Gasteiger charge is -2.20. The molecule has 0 spiro atoms. The van der Waals surface area contributed by atoms with Gasteiger partial charge in [0.05, 0.1) is 18.9 Å². The Balaban J connectivity index is 2.64. The van der Waals surface area contributed by atoms with Crippen LogP contribution in [0.5, 0.6) is 0 Å². The summed E-state index contributed by atoms with van der Waals surface area (Å²) in [4.78, 5) is 23.6. The van der Waals surface area contributed by atoms with E-state index in [1.807, 2.05) is 13.8 Å². The number of rotatable bonds is 9. The van der Waals surface area contributed by atoms with Crippen molar-refractivity contribution in [3.8, 4) is 0 Å². The highest BCUT2D eigenvalue weighted by Gasteiger charge is 2.18. The number of benzene rings is 1. The van der Waals surface area contributed by atoms with Crippen molar-refractivity contribution >= 4 is 27.6 Å². The van der Waals surface area contributed by atoms with Crippen molar-refractivity contribution in [1.82, 2.24) is 4.31 Å². The van der Waals surface area contributed by atoms with Crippen LogP contribution in [-0.2, 0) is 19.6 Å². The fraction of sp³-hybridized carbons (Fsp3) is 0.529. The molecule has 0 saturated heterocycles. The molecule has 25 heavy (non-hydrogen) atoms. The number of esters is 1. The summed E-state index contributed by atoms with van der Waals surface area (Å²) in [7, 11) is -2.08. The van der Waals surface area contributed by atoms with E-state index in [2.05, 4.69) is 10.1 Å². The van der Waals surface area contributed by atoms with Crippen LogP contribution < -0.4 is 5.32 Å². The largest absolute Gasteiger partial charge is 0.465 e. The monoisotopic (exact) mass is 370 g/mol. The van der Waals surface area contributed by atoms with Gasteiger partial charge in [0.15, 0.2) is 0 Å². The summed E-state index contributed by atoms with van der Waals surface area (Å²) in [6, 6.07) is 6.38. The molecule has 0 aliphatic rings. The van der Waals surface area contributed by atoms with Crippen molar-refractivity contribution in [2.75, 3.05) is 31.8 Å². The van der Waals surface area contributed by atoms with Crippen LogP contribution in [0.1, 0.15) is 37.0 Å². The average molecular weight is 370 g/mol. The lowest BCUT2D eigenvalue weighted by molar-refractivity contribution is -0.116. The van der Waals surface area contributed by atoms with Crippen LogP contribution in [0.2, 0.25) is 0 Å². The van der Waals surface area contributed by atoms with Crippen LogP contribution in [-0.4, -0.2) is 51.1 Å². The zero-order chi connectivity index (χ0) is 19.0. The first-order valence-corrected chi connectivity index (χ1v) is 9.91. The number of amides is 1. The quantitative estimate of drug-likeness (QED) is 0.672. The summed E-state index contributed by atoms with van der Waals surface area (Å²) in [6.07, 6.45) is 1.91. The van der Waals surface area contributed by atoms with E-state index < -0.39 is 16.0 Å². The number of methoxy groups -OCH3 is 1. The van der Waals surface area contributed by atoms with Gasteiger partial charge in [-0.25, -0.2) is 17.5 Å². The van der Waals surface area contributed by atoms with E-state index in [0.717, 1.165) is 12.7 Å². The Morgan fingerprint density at radius 1 is 1.24 bits per heavy atom. The number of nitrogens with zero attached hydrogens (tertiary/aromatic N) is 1. The molecule has 8 heteroatoms. The van der Waals surface area contributed by atoms with E-state index >= 15 is 0 Å². The zero-order valence-corrected chi connectivity index (χ0v) is 15.9. The van der Waals surface area contributed by atoms with Crippen LogP contribution in [0.3, 0.4) is 0 Å². The zero-order valence-electron chi connectivity index (χ0n) is 15.1. The first kappa shape index (κ1) is 21.1. The molecule has 7 nitrogen and oxygen atoms in total. The molecule has 0 aliphatic carbocycles. The topological polar surface area (TPSA) is 92.8 Å². The van der Waals surface area contributed by atoms with E-state index in [0.29, 0.717) is 23.7 Å². The summed E-state index contributed by atoms with van der Waals surface area (Å²) in [5, 5.41) is 2.66. The van der Waals surface area contributed by atoms with Gasteiger partial charge in [0, 0.05) is 25.2 Å². The number of carbonyl (C=O) groups excluding carboxylic acids is 2. The Morgan fingerprint density at radius 3 is 2.48 bits per heavy atom. The minimum Gasteiger partial charge on any atom is -0.465 e. The van der Waals surface area contributed by atoms with Gasteiger partial charge in [-0.2, -0.15) is 0 Å². The maximum Gasteiger partial charge on any atom is 0.337 e. The van der Waals surface area contributed by atoms with Gasteiger partial charge in [0.25, 0.3) is 0 Å². The minimum absolute atomic E-state index is 0.0353. The molecule has 0 fully saturated rings. The second-order valence-electron chi connectivity index (χ2n) is 6.22. The lowest BCUT2D eigenvalue weighted by Crippen LogP contribution is -2.34. The molecule has 1 rings (SSSR count). The van der Waals surface area contributed by atoms with Gasteiger partial charge in [-0.05, 0) is 30.5 Å². The molecular formula is C17H26N2O5S. The molecule has 0 atom stereocenters. The van der Waals surface area contributed by atoms with E-state index in [9.17, 15) is 18.0 Å². The van der Waals surface area contributed by atoms with Crippen LogP contribution in [0.25, 0.3) is 0 Å². The Morgan fingerprint density at radius 2 is 1.92 bits per heavy atom. The number of hydrogen-bond donors (Lipinski definition) is 1. The van der Waals surface area contributed by atoms with E-state index in [1.165, 1.54) is 17.5 Å². The molecule has 0 aromatic heterocycles. The van der Waals surface area contributed by atoms with Crippen molar-refractivity contribution in [2.45, 2.75) is 26.7 Å². The fourth-order valence-corrected chi connectivity index (χ4v) is 3.00. The summed E-state index contributed by atoms with van der Waals surface area (Å²) in [6.45, 7) is 4.54. The van der Waals surface area contributed by atoms with Gasteiger partial charge in [0.1, 0.15) is 0 Å². The van der Waals surface area contributed by atoms with Gasteiger partial charge < -0.3 is 10.1 Å². The molecule has 0 heterocycles. The molecule has 140 valence electrons. The van der Waals surface area contributed by atoms with Crippen molar-refractivity contribution in [1.29, 1.82) is 0 Å². The van der Waals surface area contributed by atoms with Crippen LogP contribution in [0.4, 0.5) is 5.69 Å². The highest BCUT2D eigenvalue weighted by atomic mass is 32.2. The molecule has 0 bridgehead atoms. The first-order chi connectivity index (χ1) is 11.6. The third-order valence-electron chi connectivity index (χ3n) is 3.58. The standard InChI is InChI=1S/C17H26N2O5S/c1-13(2)8-10-19(25(4,22)23)11-9-16(20)18-15-7-5-6-14(12-15)17(21)24-3/h5-7,12-13H,8-11H2,1-4H3,(H,18,20). The van der Waals surface area contributed by atoms with Gasteiger partial charge in [0.2, 0.25) is 15.9 Å². The number of sulfonamides is 1. The number of nitrogens with one attached hydrogen (secondary N) is 1. The maximum atomic E-state index is 12.1. The van der Waals surface area contributed by atoms with Crippen LogP contribution in [0, 0.1) is 5.92 Å². The second kappa shape index (κ2) is 9.53. The number of carbonyl (C=O) groups is 2. The normalized spacial score (nSPS) is 11.6. The Hall–Kier alpha value is -1.93. The number of hydrogen-bond acceptors (Lipinski definition) is 5. The molecule has 1 amide bonds. The van der Waals surface area contributed by atoms with Gasteiger partial charge in [-0.1, -0.05) is 19.9 Å². The summed E-state index contributed by atoms with van der Waals surface area (Å²) in [5.74, 6) is -0.438. The SMILES string of the molecule is COC(=O)c1cccc(NC(=O)CCN(CCC(C)C)S(C)(=O)=O)c1. The van der Waals surface area contributed by atoms with E-state index in [1.54, 1.807) is 18.2 Å². The molecule has 0 aliphatic heterocycles. The average Bonchev–Trinajstić information content (AvgIpc) is 2.52. The first-order valence-electron chi connectivity index (χ1n) is 8.07. The molecule has 0 saturated carbocycles. The Bertz CT molecular complexity index is 701. The Labute approximate surface area is 149 Å². The molecule has 1 aromatic rings. The Kier molecular flexibility index (Phi) is 8.05. The van der Waals surface area contributed by atoms with E-state index in [-0.39, 0.29) is 18.9 Å². The summed E-state index contributed by atoms with van der Waals surface area (Å²) < 4.78 is 29.6. The minimum atomic E-state index is -3.36. The predicted molar refractivity (Wildman–Crippen MR) is 96.9 cm³/mol. The highest BCUT2D eigenvalue weighted by molar-refractivity contribution is 7.88. The maximum absolute atomic E-state index is 12.1. The van der Waals surface area contributed by atoms with Crippen LogP contribution in [0.15, 0.2) is 24.3 Å². The van der Waals surface area contributed by atoms with Crippen molar-refractivity contribution in [3.05, 3.63) is 29.8 Å². The fourth-order valence-electron chi connectivity index (χ4n) is 2.14. The highest BCUT2D eigenvalue weighted by Crippen LogP contribution is 2.12. The molecule has 1 N–H and O–H groups in total. The molecule has 1 aromatic carbocycles. The van der Waals surface area contributed by atoms with Gasteiger partial charge in [-0.3, -0.25) is 4.79 Å². The van der Waals surface area contributed by atoms with Gasteiger partial charge in [-0.15, -0.1) is 0 Å². The van der Waals surface area contributed by atoms with Crippen molar-refractivity contribution < 1.29 is 22.7 Å². The summed E-state index contributed by atoms with van der Waals surface area (Å²) >= 11 is 0. The van der Waals surface area contributed by atoms with Crippen LogP contribution >= 0.6 is 0 Å². The molecule has 0 unspecified atom stereocenters. The van der Waals surface area contributed by atoms with Crippen molar-refractivity contribution in [3.63, 3.8) is 0 Å². The number of ether oxygens (including phenoxy) is 1. The number of anilines is 1. The van der Waals surface area contributed by atoms with Crippen molar-refractivity contribution in [2.24, 2.45) is 5.92 Å². The molecular weight excluding hydrogens is 344 g/mol. The van der Waals surface area contributed by atoms with E-state index in [4.69, 9.17) is 0 Å². The third-order valence-corrected chi connectivity index (χ3v) is 4.88. The third kappa shape index (κ3) is 7.66. The van der Waals surface area contributed by atoms with Gasteiger partial charge >= 0.3 is 5.97 Å². The smallest absolute Gasteiger partial charge is 0.337 e. The molecule has 0 radical (unpaired) electrons. The lowest BCUT2D eigenvalue weighted by atomic mass is 10.1. The second-order valence-corrected chi connectivity index (χ2v) is 8.20. The summed E-state index contributed by atoms with van der Waals surface area (Å²) in [5.41, 5.74) is 0.788.